The van der Waals surface area contributed by atoms with Crippen LogP contribution in [0.1, 0.15) is 11.3 Å². The zero-order valence-corrected chi connectivity index (χ0v) is 19.0. The quantitative estimate of drug-likeness (QED) is 0.535. The van der Waals surface area contributed by atoms with Gasteiger partial charge in [0.1, 0.15) is 5.82 Å². The van der Waals surface area contributed by atoms with Crippen LogP contribution in [-0.2, 0) is 0 Å². The molecule has 0 N–H and O–H groups in total. The Kier molecular flexibility index (Phi) is 7.58. The summed E-state index contributed by atoms with van der Waals surface area (Å²) in [4.78, 5) is 13.1. The van der Waals surface area contributed by atoms with E-state index in [2.05, 4.69) is 52.9 Å². The summed E-state index contributed by atoms with van der Waals surface area (Å²) in [6, 6.07) is 6.83. The van der Waals surface area contributed by atoms with Gasteiger partial charge in [0, 0.05) is 60.8 Å². The summed E-state index contributed by atoms with van der Waals surface area (Å²) in [7, 11) is 0. The maximum absolute atomic E-state index is 13.6. The van der Waals surface area contributed by atoms with E-state index in [9.17, 15) is 4.39 Å². The number of aromatic nitrogens is 4. The average molecular weight is 494 g/mol. The Morgan fingerprint density at radius 3 is 2.53 bits per heavy atom. The van der Waals surface area contributed by atoms with Crippen molar-refractivity contribution in [3.05, 3.63) is 70.5 Å². The number of benzene rings is 1. The molecular weight excluding hydrogens is 471 g/mol. The third kappa shape index (κ3) is 5.24. The molecule has 0 radical (unpaired) electrons. The molecule has 30 heavy (non-hydrogen) atoms. The van der Waals surface area contributed by atoms with Gasteiger partial charge in [0.15, 0.2) is 0 Å². The fourth-order valence-electron chi connectivity index (χ4n) is 3.43. The molecule has 0 spiro atoms. The van der Waals surface area contributed by atoms with Gasteiger partial charge in [0.2, 0.25) is 0 Å². The molecule has 1 aliphatic heterocycles. The van der Waals surface area contributed by atoms with Crippen LogP contribution in [0.2, 0.25) is 0 Å². The molecule has 0 atom stereocenters. The summed E-state index contributed by atoms with van der Waals surface area (Å²) in [6.45, 7) is 6.52. The predicted octanol–water partition coefficient (Wildman–Crippen LogP) is 4.13. The number of piperazine rings is 1. The smallest absolute Gasteiger partial charge is 0.250 e. The first kappa shape index (κ1) is 22.4. The first-order chi connectivity index (χ1) is 14.1. The number of nitrogens with zero attached hydrogens (tertiary/aromatic N) is 6. The van der Waals surface area contributed by atoms with Gasteiger partial charge in [-0.15, -0.1) is 12.4 Å². The molecule has 1 fully saturated rings. The van der Waals surface area contributed by atoms with Crippen LogP contribution in [0.25, 0.3) is 12.0 Å². The lowest BCUT2D eigenvalue weighted by Gasteiger charge is -2.35. The lowest BCUT2D eigenvalue weighted by molar-refractivity contribution is 0.284. The lowest BCUT2D eigenvalue weighted by atomic mass is 10.2. The normalized spacial score (nSPS) is 14.8. The minimum absolute atomic E-state index is 0. The van der Waals surface area contributed by atoms with Gasteiger partial charge in [-0.1, -0.05) is 28.1 Å². The summed E-state index contributed by atoms with van der Waals surface area (Å²) in [5, 5.41) is 4.39. The van der Waals surface area contributed by atoms with Gasteiger partial charge in [0.05, 0.1) is 11.9 Å². The zero-order valence-electron chi connectivity index (χ0n) is 16.6. The van der Waals surface area contributed by atoms with E-state index in [1.54, 1.807) is 29.2 Å². The molecule has 0 bridgehead atoms. The molecule has 9 heteroatoms. The molecule has 1 aromatic carbocycles. The summed E-state index contributed by atoms with van der Waals surface area (Å²) < 4.78 is 16.2. The van der Waals surface area contributed by atoms with Gasteiger partial charge >= 0.3 is 0 Å². The van der Waals surface area contributed by atoms with E-state index < -0.39 is 0 Å². The van der Waals surface area contributed by atoms with Crippen LogP contribution >= 0.6 is 28.3 Å². The summed E-state index contributed by atoms with van der Waals surface area (Å²) >= 11 is 3.37. The van der Waals surface area contributed by atoms with E-state index in [1.807, 2.05) is 19.2 Å². The fourth-order valence-corrected chi connectivity index (χ4v) is 3.88. The maximum Gasteiger partial charge on any atom is 0.250 e. The molecule has 0 aliphatic carbocycles. The van der Waals surface area contributed by atoms with Gasteiger partial charge in [-0.3, -0.25) is 4.90 Å². The van der Waals surface area contributed by atoms with Crippen molar-refractivity contribution in [3.63, 3.8) is 0 Å². The minimum atomic E-state index is -0.212. The van der Waals surface area contributed by atoms with Gasteiger partial charge < -0.3 is 4.90 Å². The van der Waals surface area contributed by atoms with E-state index in [1.165, 1.54) is 6.07 Å². The molecule has 1 aliphatic rings. The lowest BCUT2D eigenvalue weighted by Crippen LogP contribution is -2.46. The van der Waals surface area contributed by atoms with Crippen LogP contribution in [0, 0.1) is 12.7 Å². The van der Waals surface area contributed by atoms with Crippen LogP contribution in [0.15, 0.2) is 53.4 Å². The van der Waals surface area contributed by atoms with Crippen molar-refractivity contribution in [2.75, 3.05) is 37.6 Å². The Morgan fingerprint density at radius 1 is 1.10 bits per heavy atom. The van der Waals surface area contributed by atoms with Crippen LogP contribution in [0.4, 0.5) is 10.1 Å². The van der Waals surface area contributed by atoms with Crippen molar-refractivity contribution < 1.29 is 4.39 Å². The van der Waals surface area contributed by atoms with E-state index in [0.29, 0.717) is 5.95 Å². The molecule has 2 aromatic heterocycles. The Bertz CT molecular complexity index is 982. The average Bonchev–Trinajstić information content (AvgIpc) is 3.09. The molecule has 1 saturated heterocycles. The van der Waals surface area contributed by atoms with Crippen LogP contribution < -0.4 is 4.90 Å². The van der Waals surface area contributed by atoms with Crippen LogP contribution in [0.5, 0.6) is 0 Å². The van der Waals surface area contributed by atoms with Crippen LogP contribution in [-0.4, -0.2) is 57.4 Å². The number of hydrogen-bond acceptors (Lipinski definition) is 5. The van der Waals surface area contributed by atoms with Crippen molar-refractivity contribution in [3.8, 4) is 5.95 Å². The molecule has 6 nitrogen and oxygen atoms in total. The highest BCUT2D eigenvalue weighted by Gasteiger charge is 2.17. The Labute approximate surface area is 190 Å². The molecule has 3 heterocycles. The van der Waals surface area contributed by atoms with Gasteiger partial charge in [-0.25, -0.2) is 19.0 Å². The Morgan fingerprint density at radius 2 is 1.83 bits per heavy atom. The molecule has 0 saturated carbocycles. The number of halogens is 3. The molecule has 0 amide bonds. The molecule has 158 valence electrons. The largest absolute Gasteiger partial charge is 0.369 e. The van der Waals surface area contributed by atoms with Crippen molar-refractivity contribution in [2.24, 2.45) is 0 Å². The topological polar surface area (TPSA) is 50.1 Å². The molecular formula is C21H23BrClFN6. The summed E-state index contributed by atoms with van der Waals surface area (Å²) in [5.41, 5.74) is 2.99. The van der Waals surface area contributed by atoms with Crippen molar-refractivity contribution in [1.29, 1.82) is 0 Å². The highest BCUT2D eigenvalue weighted by molar-refractivity contribution is 9.10. The highest BCUT2D eigenvalue weighted by atomic mass is 79.9. The van der Waals surface area contributed by atoms with Crippen molar-refractivity contribution >= 4 is 40.1 Å². The second kappa shape index (κ2) is 10.1. The standard InChI is InChI=1S/C21H22BrFN6.ClH/c1-16-17(15-26-29(16)21-24-5-3-6-25-21)4-2-7-27-8-10-28(11-9-27)20-13-18(22)12-19(23)14-20;/h2-6,12-15H,7-11H2,1H3;1H/b4-2+;. The Balaban J connectivity index is 0.00000256. The first-order valence-electron chi connectivity index (χ1n) is 9.52. The van der Waals surface area contributed by atoms with E-state index in [4.69, 9.17) is 0 Å². The molecule has 0 unspecified atom stereocenters. The van der Waals surface area contributed by atoms with Crippen molar-refractivity contribution in [1.82, 2.24) is 24.6 Å². The van der Waals surface area contributed by atoms with Crippen molar-refractivity contribution in [2.45, 2.75) is 6.92 Å². The first-order valence-corrected chi connectivity index (χ1v) is 10.3. The number of anilines is 1. The Hall–Kier alpha value is -2.29. The van der Waals surface area contributed by atoms with E-state index in [0.717, 1.165) is 54.1 Å². The third-order valence-corrected chi connectivity index (χ3v) is 5.49. The summed E-state index contributed by atoms with van der Waals surface area (Å²) in [5.74, 6) is 0.362. The summed E-state index contributed by atoms with van der Waals surface area (Å²) in [6.07, 6.45) is 9.51. The predicted molar refractivity (Wildman–Crippen MR) is 123 cm³/mol. The van der Waals surface area contributed by atoms with E-state index >= 15 is 0 Å². The minimum Gasteiger partial charge on any atom is -0.369 e. The van der Waals surface area contributed by atoms with Crippen LogP contribution in [0.3, 0.4) is 0 Å². The second-order valence-corrected chi connectivity index (χ2v) is 7.88. The fraction of sp³-hybridized carbons (Fsp3) is 0.286. The maximum atomic E-state index is 13.6. The van der Waals surface area contributed by atoms with E-state index in [-0.39, 0.29) is 18.2 Å². The molecule has 4 rings (SSSR count). The zero-order chi connectivity index (χ0) is 20.2. The third-order valence-electron chi connectivity index (χ3n) is 5.04. The van der Waals surface area contributed by atoms with Gasteiger partial charge in [0.25, 0.3) is 5.95 Å². The highest BCUT2D eigenvalue weighted by Crippen LogP contribution is 2.23. The molecule has 3 aromatic rings. The monoisotopic (exact) mass is 492 g/mol. The second-order valence-electron chi connectivity index (χ2n) is 6.96. The number of hydrogen-bond donors (Lipinski definition) is 0. The van der Waals surface area contributed by atoms with Gasteiger partial charge in [-0.05, 0) is 31.2 Å². The SMILES string of the molecule is Cc1c(/C=C/CN2CCN(c3cc(F)cc(Br)c3)CC2)cnn1-c1ncccn1.Cl. The number of rotatable bonds is 5. The van der Waals surface area contributed by atoms with Gasteiger partial charge in [-0.2, -0.15) is 5.10 Å².